The third kappa shape index (κ3) is 10.4. The van der Waals surface area contributed by atoms with Crippen molar-refractivity contribution in [2.75, 3.05) is 19.6 Å². The first-order valence-corrected chi connectivity index (χ1v) is 8.06. The van der Waals surface area contributed by atoms with Crippen molar-refractivity contribution in [2.24, 2.45) is 5.41 Å². The Kier molecular flexibility index (Phi) is 8.23. The Balaban J connectivity index is 4.30. The van der Waals surface area contributed by atoms with Crippen molar-refractivity contribution in [2.45, 2.75) is 86.2 Å². The van der Waals surface area contributed by atoms with Gasteiger partial charge in [0.2, 0.25) is 0 Å². The molecule has 0 aliphatic heterocycles. The SMILES string of the molecule is CCCCCN(CC(C)(C)CNC(C)(C)C)C(C)C. The monoisotopic (exact) mass is 270 g/mol. The van der Waals surface area contributed by atoms with Gasteiger partial charge in [-0.15, -0.1) is 0 Å². The average Bonchev–Trinajstić information content (AvgIpc) is 2.24. The van der Waals surface area contributed by atoms with E-state index < -0.39 is 0 Å². The van der Waals surface area contributed by atoms with Crippen molar-refractivity contribution >= 4 is 0 Å². The molecule has 0 saturated heterocycles. The van der Waals surface area contributed by atoms with Crippen LogP contribution in [0.15, 0.2) is 0 Å². The summed E-state index contributed by atoms with van der Waals surface area (Å²) in [5.41, 5.74) is 0.534. The first-order chi connectivity index (χ1) is 8.57. The van der Waals surface area contributed by atoms with E-state index in [1.54, 1.807) is 0 Å². The predicted octanol–water partition coefficient (Wildman–Crippen LogP) is 4.30. The first kappa shape index (κ1) is 18.9. The molecule has 0 aliphatic carbocycles. The largest absolute Gasteiger partial charge is 0.311 e. The molecule has 0 fully saturated rings. The summed E-state index contributed by atoms with van der Waals surface area (Å²) in [4.78, 5) is 2.64. The minimum Gasteiger partial charge on any atom is -0.311 e. The van der Waals surface area contributed by atoms with E-state index in [9.17, 15) is 0 Å². The van der Waals surface area contributed by atoms with Crippen LogP contribution in [0.25, 0.3) is 0 Å². The van der Waals surface area contributed by atoms with Crippen molar-refractivity contribution in [3.05, 3.63) is 0 Å². The van der Waals surface area contributed by atoms with Gasteiger partial charge in [0.25, 0.3) is 0 Å². The predicted molar refractivity (Wildman–Crippen MR) is 87.8 cm³/mol. The van der Waals surface area contributed by atoms with E-state index in [1.807, 2.05) is 0 Å². The highest BCUT2D eigenvalue weighted by molar-refractivity contribution is 4.81. The van der Waals surface area contributed by atoms with Gasteiger partial charge in [0.1, 0.15) is 0 Å². The van der Waals surface area contributed by atoms with E-state index in [4.69, 9.17) is 0 Å². The van der Waals surface area contributed by atoms with Gasteiger partial charge in [0, 0.05) is 24.7 Å². The summed E-state index contributed by atoms with van der Waals surface area (Å²) in [5, 5.41) is 3.65. The van der Waals surface area contributed by atoms with E-state index >= 15 is 0 Å². The molecule has 0 bridgehead atoms. The van der Waals surface area contributed by atoms with Crippen molar-refractivity contribution in [3.8, 4) is 0 Å². The molecule has 0 heterocycles. The van der Waals surface area contributed by atoms with E-state index in [0.29, 0.717) is 11.5 Å². The lowest BCUT2D eigenvalue weighted by atomic mass is 9.90. The van der Waals surface area contributed by atoms with E-state index in [-0.39, 0.29) is 5.54 Å². The number of hydrogen-bond acceptors (Lipinski definition) is 2. The highest BCUT2D eigenvalue weighted by Crippen LogP contribution is 2.19. The number of unbranched alkanes of at least 4 members (excludes halogenated alkanes) is 2. The van der Waals surface area contributed by atoms with Gasteiger partial charge in [-0.1, -0.05) is 33.6 Å². The van der Waals surface area contributed by atoms with Gasteiger partial charge < -0.3 is 10.2 Å². The van der Waals surface area contributed by atoms with Gasteiger partial charge in [-0.25, -0.2) is 0 Å². The smallest absolute Gasteiger partial charge is 0.00967 e. The fourth-order valence-corrected chi connectivity index (χ4v) is 2.19. The molecule has 0 radical (unpaired) electrons. The van der Waals surface area contributed by atoms with Crippen LogP contribution in [0, 0.1) is 5.41 Å². The summed E-state index contributed by atoms with van der Waals surface area (Å²) in [5.74, 6) is 0. The standard InChI is InChI=1S/C17H38N2/c1-9-10-11-12-19(15(2)3)14-17(7,8)13-18-16(4,5)6/h15,18H,9-14H2,1-8H3. The molecular formula is C17H38N2. The summed E-state index contributed by atoms with van der Waals surface area (Å²) in [7, 11) is 0. The Bertz CT molecular complexity index is 226. The van der Waals surface area contributed by atoms with Crippen LogP contribution in [-0.2, 0) is 0 Å². The summed E-state index contributed by atoms with van der Waals surface area (Å²) in [6.45, 7) is 21.9. The lowest BCUT2D eigenvalue weighted by Gasteiger charge is -2.37. The molecular weight excluding hydrogens is 232 g/mol. The minimum atomic E-state index is 0.210. The van der Waals surface area contributed by atoms with Crippen LogP contribution in [-0.4, -0.2) is 36.1 Å². The van der Waals surface area contributed by atoms with Gasteiger partial charge in [-0.2, -0.15) is 0 Å². The Hall–Kier alpha value is -0.0800. The molecule has 0 aromatic rings. The van der Waals surface area contributed by atoms with Crippen LogP contribution >= 0.6 is 0 Å². The second-order valence-corrected chi connectivity index (χ2v) is 8.04. The van der Waals surface area contributed by atoms with Crippen molar-refractivity contribution in [1.82, 2.24) is 10.2 Å². The van der Waals surface area contributed by atoms with E-state index in [1.165, 1.54) is 32.4 Å². The van der Waals surface area contributed by atoms with Crippen molar-refractivity contribution in [3.63, 3.8) is 0 Å². The van der Waals surface area contributed by atoms with E-state index in [0.717, 1.165) is 6.54 Å². The van der Waals surface area contributed by atoms with Crippen molar-refractivity contribution < 1.29 is 0 Å². The maximum Gasteiger partial charge on any atom is 0.00967 e. The Morgan fingerprint density at radius 1 is 1.00 bits per heavy atom. The third-order valence-electron chi connectivity index (χ3n) is 3.51. The third-order valence-corrected chi connectivity index (χ3v) is 3.51. The molecule has 0 aliphatic rings. The van der Waals surface area contributed by atoms with Crippen LogP contribution in [0.1, 0.15) is 74.7 Å². The van der Waals surface area contributed by atoms with Gasteiger partial charge in [-0.05, 0) is 53.0 Å². The molecule has 0 atom stereocenters. The molecule has 0 saturated carbocycles. The van der Waals surface area contributed by atoms with Crippen LogP contribution in [0.3, 0.4) is 0 Å². The molecule has 116 valence electrons. The van der Waals surface area contributed by atoms with Crippen molar-refractivity contribution in [1.29, 1.82) is 0 Å². The summed E-state index contributed by atoms with van der Waals surface area (Å²) in [6, 6.07) is 0.644. The van der Waals surface area contributed by atoms with Crippen LogP contribution in [0.2, 0.25) is 0 Å². The zero-order valence-electron chi connectivity index (χ0n) is 14.8. The summed E-state index contributed by atoms with van der Waals surface area (Å²) < 4.78 is 0. The van der Waals surface area contributed by atoms with Gasteiger partial charge in [-0.3, -0.25) is 0 Å². The van der Waals surface area contributed by atoms with Crippen LogP contribution in [0.5, 0.6) is 0 Å². The Morgan fingerprint density at radius 2 is 1.58 bits per heavy atom. The summed E-state index contributed by atoms with van der Waals surface area (Å²) >= 11 is 0. The molecule has 2 nitrogen and oxygen atoms in total. The lowest BCUT2D eigenvalue weighted by Crippen LogP contribution is -2.47. The molecule has 19 heavy (non-hydrogen) atoms. The topological polar surface area (TPSA) is 15.3 Å². The highest BCUT2D eigenvalue weighted by Gasteiger charge is 2.24. The number of hydrogen-bond donors (Lipinski definition) is 1. The summed E-state index contributed by atoms with van der Waals surface area (Å²) in [6.07, 6.45) is 3.99. The zero-order valence-corrected chi connectivity index (χ0v) is 14.8. The average molecular weight is 271 g/mol. The Morgan fingerprint density at radius 3 is 2.00 bits per heavy atom. The second kappa shape index (κ2) is 8.26. The number of nitrogens with one attached hydrogen (secondary N) is 1. The normalized spacial score (nSPS) is 13.6. The Labute approximate surface area is 122 Å². The molecule has 2 heteroatoms. The fourth-order valence-electron chi connectivity index (χ4n) is 2.19. The van der Waals surface area contributed by atoms with E-state index in [2.05, 4.69) is 65.6 Å². The molecule has 0 spiro atoms. The molecule has 0 rings (SSSR count). The zero-order chi connectivity index (χ0) is 15.1. The maximum absolute atomic E-state index is 3.65. The number of nitrogens with zero attached hydrogens (tertiary/aromatic N) is 1. The van der Waals surface area contributed by atoms with Crippen LogP contribution < -0.4 is 5.32 Å². The van der Waals surface area contributed by atoms with Gasteiger partial charge in [0.15, 0.2) is 0 Å². The first-order valence-electron chi connectivity index (χ1n) is 8.06. The van der Waals surface area contributed by atoms with Gasteiger partial charge in [0.05, 0.1) is 0 Å². The molecule has 0 amide bonds. The second-order valence-electron chi connectivity index (χ2n) is 8.04. The minimum absolute atomic E-state index is 0.210. The fraction of sp³-hybridized carbons (Fsp3) is 1.00. The van der Waals surface area contributed by atoms with Gasteiger partial charge >= 0.3 is 0 Å². The van der Waals surface area contributed by atoms with Crippen LogP contribution in [0.4, 0.5) is 0 Å². The highest BCUT2D eigenvalue weighted by atomic mass is 15.2. The quantitative estimate of drug-likeness (QED) is 0.628. The maximum atomic E-state index is 3.65. The molecule has 0 aromatic carbocycles. The molecule has 1 N–H and O–H groups in total. The lowest BCUT2D eigenvalue weighted by molar-refractivity contribution is 0.134. The molecule has 0 unspecified atom stereocenters. The number of rotatable bonds is 9. The molecule has 0 aromatic heterocycles.